The molecule has 0 rings (SSSR count). The number of hydrogen-bond donors (Lipinski definition) is 0. The van der Waals surface area contributed by atoms with Crippen molar-refractivity contribution >= 4 is 0 Å². The largest absolute Gasteiger partial charge is 0.245 e. The highest BCUT2D eigenvalue weighted by molar-refractivity contribution is 4.69. The van der Waals surface area contributed by atoms with Crippen molar-refractivity contribution in [1.29, 1.82) is 0 Å². The Morgan fingerprint density at radius 1 is 0.941 bits per heavy atom. The van der Waals surface area contributed by atoms with Gasteiger partial charge in [-0.3, -0.25) is 0 Å². The van der Waals surface area contributed by atoms with Crippen LogP contribution in [0.15, 0.2) is 0 Å². The summed E-state index contributed by atoms with van der Waals surface area (Å²) >= 11 is 0. The molecule has 0 radical (unpaired) electrons. The summed E-state index contributed by atoms with van der Waals surface area (Å²) in [6.07, 6.45) is 6.87. The van der Waals surface area contributed by atoms with E-state index in [2.05, 4.69) is 27.7 Å². The van der Waals surface area contributed by atoms with E-state index in [9.17, 15) is 4.39 Å². The number of hydrogen-bond acceptors (Lipinski definition) is 0. The van der Waals surface area contributed by atoms with E-state index >= 15 is 0 Å². The highest BCUT2D eigenvalue weighted by Crippen LogP contribution is 2.26. The molecule has 0 aromatic heterocycles. The van der Waals surface area contributed by atoms with Crippen LogP contribution in [0.5, 0.6) is 0 Å². The highest BCUT2D eigenvalue weighted by Gasteiger charge is 2.17. The van der Waals surface area contributed by atoms with Crippen molar-refractivity contribution < 1.29 is 4.39 Å². The van der Waals surface area contributed by atoms with E-state index in [1.807, 2.05) is 0 Å². The molecule has 3 atom stereocenters. The van der Waals surface area contributed by atoms with E-state index in [0.717, 1.165) is 24.2 Å². The molecule has 0 saturated carbocycles. The van der Waals surface area contributed by atoms with Crippen LogP contribution in [-0.4, -0.2) is 5.67 Å². The molecule has 104 valence electrons. The molecule has 0 saturated heterocycles. The Balaban J connectivity index is 3.71. The van der Waals surface area contributed by atoms with Crippen LogP contribution in [0.4, 0.5) is 4.39 Å². The lowest BCUT2D eigenvalue weighted by Crippen LogP contribution is -2.14. The van der Waals surface area contributed by atoms with Gasteiger partial charge >= 0.3 is 0 Å². The molecule has 3 unspecified atom stereocenters. The molecule has 0 fully saturated rings. The van der Waals surface area contributed by atoms with Crippen molar-refractivity contribution in [1.82, 2.24) is 0 Å². The molecule has 1 heteroatoms. The Morgan fingerprint density at radius 3 is 1.94 bits per heavy atom. The van der Waals surface area contributed by atoms with E-state index in [1.54, 1.807) is 13.8 Å². The summed E-state index contributed by atoms with van der Waals surface area (Å²) < 4.78 is 13.3. The van der Waals surface area contributed by atoms with Crippen LogP contribution in [0.25, 0.3) is 0 Å². The molecule has 17 heavy (non-hydrogen) atoms. The predicted octanol–water partition coefficient (Wildman–Crippen LogP) is 6.00. The summed E-state index contributed by atoms with van der Waals surface area (Å²) in [7, 11) is 0. The summed E-state index contributed by atoms with van der Waals surface area (Å²) in [5, 5.41) is 0. The van der Waals surface area contributed by atoms with Crippen LogP contribution < -0.4 is 0 Å². The molecule has 0 aliphatic rings. The minimum atomic E-state index is -0.986. The van der Waals surface area contributed by atoms with Crippen molar-refractivity contribution in [3.05, 3.63) is 0 Å². The minimum absolute atomic E-state index is 0.704. The zero-order valence-electron chi connectivity index (χ0n) is 12.9. The predicted molar refractivity (Wildman–Crippen MR) is 76.1 cm³/mol. The second-order valence-electron chi connectivity index (χ2n) is 6.66. The first-order valence-corrected chi connectivity index (χ1v) is 7.45. The third-order valence-electron chi connectivity index (χ3n) is 4.21. The summed E-state index contributed by atoms with van der Waals surface area (Å²) in [5.74, 6) is 2.38. The van der Waals surface area contributed by atoms with Crippen LogP contribution in [0.1, 0.15) is 80.1 Å². The summed E-state index contributed by atoms with van der Waals surface area (Å²) in [6.45, 7) is 12.7. The number of alkyl halides is 1. The van der Waals surface area contributed by atoms with Crippen molar-refractivity contribution in [3.63, 3.8) is 0 Å². The average Bonchev–Trinajstić information content (AvgIpc) is 2.23. The molecule has 0 N–H and O–H groups in total. The maximum atomic E-state index is 13.3. The third-order valence-corrected chi connectivity index (χ3v) is 4.21. The summed E-state index contributed by atoms with van der Waals surface area (Å²) in [5.41, 5.74) is -0.986. The molecule has 0 amide bonds. The van der Waals surface area contributed by atoms with Crippen LogP contribution in [-0.2, 0) is 0 Å². The maximum absolute atomic E-state index is 13.3. The van der Waals surface area contributed by atoms with E-state index in [4.69, 9.17) is 0 Å². The highest BCUT2D eigenvalue weighted by atomic mass is 19.1. The quantitative estimate of drug-likeness (QED) is 0.466. The normalized spacial score (nSPS) is 17.8. The molecule has 0 aliphatic carbocycles. The SMILES string of the molecule is CCC(C)CCC(C)C(C)CCCC(C)(C)F. The molecular weight excluding hydrogens is 211 g/mol. The Hall–Kier alpha value is -0.0700. The van der Waals surface area contributed by atoms with Gasteiger partial charge in [0.25, 0.3) is 0 Å². The van der Waals surface area contributed by atoms with Gasteiger partial charge in [0.1, 0.15) is 5.67 Å². The lowest BCUT2D eigenvalue weighted by atomic mass is 9.84. The second kappa shape index (κ2) is 8.11. The molecule has 0 aromatic carbocycles. The van der Waals surface area contributed by atoms with Gasteiger partial charge in [-0.25, -0.2) is 4.39 Å². The van der Waals surface area contributed by atoms with Crippen LogP contribution in [0.3, 0.4) is 0 Å². The molecule has 0 bridgehead atoms. The van der Waals surface area contributed by atoms with Crippen LogP contribution in [0, 0.1) is 17.8 Å². The van der Waals surface area contributed by atoms with Crippen molar-refractivity contribution in [2.24, 2.45) is 17.8 Å². The molecule has 0 heterocycles. The van der Waals surface area contributed by atoms with E-state index < -0.39 is 5.67 Å². The van der Waals surface area contributed by atoms with Gasteiger partial charge in [0.05, 0.1) is 0 Å². The Morgan fingerprint density at radius 2 is 1.47 bits per heavy atom. The van der Waals surface area contributed by atoms with Crippen molar-refractivity contribution in [2.45, 2.75) is 85.7 Å². The molecular formula is C16H33F. The van der Waals surface area contributed by atoms with E-state index in [1.165, 1.54) is 25.7 Å². The number of halogens is 1. The minimum Gasteiger partial charge on any atom is -0.245 e. The van der Waals surface area contributed by atoms with Crippen molar-refractivity contribution in [2.75, 3.05) is 0 Å². The van der Waals surface area contributed by atoms with Crippen molar-refractivity contribution in [3.8, 4) is 0 Å². The van der Waals surface area contributed by atoms with Gasteiger partial charge in [0.15, 0.2) is 0 Å². The van der Waals surface area contributed by atoms with Gasteiger partial charge in [-0.05, 0) is 38.0 Å². The van der Waals surface area contributed by atoms with Gasteiger partial charge < -0.3 is 0 Å². The van der Waals surface area contributed by atoms with Gasteiger partial charge in [0, 0.05) is 0 Å². The molecule has 0 spiro atoms. The standard InChI is InChI=1S/C16H33F/c1-7-13(2)10-11-15(4)14(3)9-8-12-16(5,6)17/h13-15H,7-12H2,1-6H3. The lowest BCUT2D eigenvalue weighted by molar-refractivity contribution is 0.187. The summed E-state index contributed by atoms with van der Waals surface area (Å²) in [6, 6.07) is 0. The summed E-state index contributed by atoms with van der Waals surface area (Å²) in [4.78, 5) is 0. The van der Waals surface area contributed by atoms with Gasteiger partial charge in [0.2, 0.25) is 0 Å². The first-order valence-electron chi connectivity index (χ1n) is 7.45. The van der Waals surface area contributed by atoms with Crippen LogP contribution >= 0.6 is 0 Å². The fraction of sp³-hybridized carbons (Fsp3) is 1.00. The smallest absolute Gasteiger partial charge is 0.105 e. The van der Waals surface area contributed by atoms with Gasteiger partial charge in [-0.2, -0.15) is 0 Å². The van der Waals surface area contributed by atoms with E-state index in [0.29, 0.717) is 6.42 Å². The number of rotatable bonds is 9. The van der Waals surface area contributed by atoms with E-state index in [-0.39, 0.29) is 0 Å². The fourth-order valence-corrected chi connectivity index (χ4v) is 2.16. The van der Waals surface area contributed by atoms with Crippen LogP contribution in [0.2, 0.25) is 0 Å². The second-order valence-corrected chi connectivity index (χ2v) is 6.66. The first-order chi connectivity index (χ1) is 7.76. The maximum Gasteiger partial charge on any atom is 0.105 e. The Labute approximate surface area is 108 Å². The Kier molecular flexibility index (Phi) is 8.07. The lowest BCUT2D eigenvalue weighted by Gasteiger charge is -2.22. The fourth-order valence-electron chi connectivity index (χ4n) is 2.16. The zero-order chi connectivity index (χ0) is 13.5. The molecule has 0 nitrogen and oxygen atoms in total. The molecule has 0 aromatic rings. The average molecular weight is 244 g/mol. The van der Waals surface area contributed by atoms with Gasteiger partial charge in [-0.1, -0.05) is 59.8 Å². The molecule has 0 aliphatic heterocycles. The third kappa shape index (κ3) is 9.62. The van der Waals surface area contributed by atoms with Gasteiger partial charge in [-0.15, -0.1) is 0 Å². The Bertz CT molecular complexity index is 180. The topological polar surface area (TPSA) is 0 Å². The zero-order valence-corrected chi connectivity index (χ0v) is 12.9. The first kappa shape index (κ1) is 16.9. The monoisotopic (exact) mass is 244 g/mol.